The third-order valence-electron chi connectivity index (χ3n) is 5.14. The van der Waals surface area contributed by atoms with E-state index in [9.17, 15) is 12.8 Å². The lowest BCUT2D eigenvalue weighted by Gasteiger charge is -2.28. The number of nitrogens with one attached hydrogen (secondary N) is 1. The minimum atomic E-state index is -3.54. The molecule has 2 heterocycles. The zero-order valence-electron chi connectivity index (χ0n) is 16.9. The molecule has 0 bridgehead atoms. The first-order valence-corrected chi connectivity index (χ1v) is 11.4. The first-order valence-electron chi connectivity index (χ1n) is 9.72. The summed E-state index contributed by atoms with van der Waals surface area (Å²) in [5, 5.41) is 0. The fraction of sp³-hybridized carbons (Fsp3) is 0.333. The maximum absolute atomic E-state index is 13.9. The van der Waals surface area contributed by atoms with Crippen LogP contribution in [0.15, 0.2) is 37.2 Å². The maximum Gasteiger partial charge on any atom is 0.237 e. The van der Waals surface area contributed by atoms with Crippen LogP contribution < -0.4 is 9.46 Å². The van der Waals surface area contributed by atoms with Gasteiger partial charge in [0.15, 0.2) is 5.75 Å². The smallest absolute Gasteiger partial charge is 0.237 e. The van der Waals surface area contributed by atoms with Gasteiger partial charge in [-0.15, -0.1) is 0 Å². The van der Waals surface area contributed by atoms with E-state index in [2.05, 4.69) is 21.3 Å². The molecule has 0 radical (unpaired) electrons. The summed E-state index contributed by atoms with van der Waals surface area (Å²) < 4.78 is 46.2. The molecular formula is C21H23FN4O3S. The summed E-state index contributed by atoms with van der Waals surface area (Å²) in [5.41, 5.74) is 3.13. The molecule has 0 spiro atoms. The molecule has 7 nitrogen and oxygen atoms in total. The normalized spacial score (nSPS) is 16.2. The van der Waals surface area contributed by atoms with E-state index in [4.69, 9.17) is 4.74 Å². The fourth-order valence-corrected chi connectivity index (χ4v) is 3.65. The Bertz CT molecular complexity index is 1140. The molecule has 30 heavy (non-hydrogen) atoms. The number of ether oxygens (including phenoxy) is 1. The number of benzene rings is 1. The van der Waals surface area contributed by atoms with E-state index in [0.717, 1.165) is 18.4 Å². The number of hydrogen-bond acceptors (Lipinski definition) is 6. The van der Waals surface area contributed by atoms with E-state index in [-0.39, 0.29) is 17.5 Å². The van der Waals surface area contributed by atoms with Crippen LogP contribution >= 0.6 is 0 Å². The number of anilines is 1. The van der Waals surface area contributed by atoms with Gasteiger partial charge in [-0.25, -0.2) is 22.8 Å². The van der Waals surface area contributed by atoms with Gasteiger partial charge in [-0.2, -0.15) is 0 Å². The standard InChI is InChI=1S/C21H23FN4O3S/c1-4-30(27,28)25-21-23-10-19(29-12-14-5-6-14)20(24-21)18-11-26(3)13(2)17-9-15(22)7-8-16(17)18/h7-11,14H,2,4-6,12H2,1,3H3,(H,23,24,25). The van der Waals surface area contributed by atoms with E-state index < -0.39 is 10.0 Å². The van der Waals surface area contributed by atoms with Crippen LogP contribution in [-0.2, 0) is 10.0 Å². The molecule has 1 fully saturated rings. The Balaban J connectivity index is 1.82. The predicted molar refractivity (Wildman–Crippen MR) is 114 cm³/mol. The van der Waals surface area contributed by atoms with Gasteiger partial charge in [0.05, 0.1) is 18.6 Å². The lowest BCUT2D eigenvalue weighted by atomic mass is 9.92. The van der Waals surface area contributed by atoms with Crippen LogP contribution in [0, 0.1) is 11.7 Å². The molecule has 2 aliphatic rings. The highest BCUT2D eigenvalue weighted by Crippen LogP contribution is 2.39. The summed E-state index contributed by atoms with van der Waals surface area (Å²) in [6, 6.07) is 4.46. The van der Waals surface area contributed by atoms with E-state index in [1.807, 2.05) is 13.2 Å². The average Bonchev–Trinajstić information content (AvgIpc) is 3.54. The predicted octanol–water partition coefficient (Wildman–Crippen LogP) is 3.47. The molecular weight excluding hydrogens is 407 g/mol. The fourth-order valence-electron chi connectivity index (χ4n) is 3.13. The number of hydrogen-bond donors (Lipinski definition) is 1. The van der Waals surface area contributed by atoms with Crippen molar-refractivity contribution in [3.05, 3.63) is 59.8 Å². The van der Waals surface area contributed by atoms with Gasteiger partial charge in [-0.05, 0) is 43.4 Å². The molecule has 0 amide bonds. The molecule has 1 N–H and O–H groups in total. The Morgan fingerprint density at radius 2 is 2.10 bits per heavy atom. The minimum absolute atomic E-state index is 0.0396. The molecule has 0 unspecified atom stereocenters. The molecule has 1 aliphatic carbocycles. The van der Waals surface area contributed by atoms with Gasteiger partial charge in [0, 0.05) is 30.1 Å². The van der Waals surface area contributed by atoms with Crippen LogP contribution in [0.4, 0.5) is 10.3 Å². The molecule has 158 valence electrons. The molecule has 1 aliphatic heterocycles. The third-order valence-corrected chi connectivity index (χ3v) is 6.39. The van der Waals surface area contributed by atoms with Crippen molar-refractivity contribution in [1.82, 2.24) is 14.9 Å². The lowest BCUT2D eigenvalue weighted by molar-refractivity contribution is 0.296. The summed E-state index contributed by atoms with van der Waals surface area (Å²) in [6.07, 6.45) is 5.55. The second-order valence-electron chi connectivity index (χ2n) is 7.46. The Labute approximate surface area is 175 Å². The summed E-state index contributed by atoms with van der Waals surface area (Å²) in [7, 11) is -1.74. The third kappa shape index (κ3) is 4.16. The summed E-state index contributed by atoms with van der Waals surface area (Å²) >= 11 is 0. The number of halogens is 1. The number of sulfonamides is 1. The van der Waals surface area contributed by atoms with Crippen molar-refractivity contribution < 1.29 is 17.5 Å². The Kier molecular flexibility index (Phi) is 5.23. The van der Waals surface area contributed by atoms with Crippen molar-refractivity contribution in [2.45, 2.75) is 19.8 Å². The van der Waals surface area contributed by atoms with Crippen molar-refractivity contribution >= 4 is 27.2 Å². The number of aromatic nitrogens is 2. The molecule has 9 heteroatoms. The van der Waals surface area contributed by atoms with Crippen molar-refractivity contribution in [2.24, 2.45) is 5.92 Å². The molecule has 1 saturated carbocycles. The minimum Gasteiger partial charge on any atom is -0.489 e. The van der Waals surface area contributed by atoms with Crippen LogP contribution in [0.3, 0.4) is 0 Å². The number of nitrogens with zero attached hydrogens (tertiary/aromatic N) is 3. The number of fused-ring (bicyclic) bond motifs is 1. The summed E-state index contributed by atoms with van der Waals surface area (Å²) in [5.74, 6) is 0.457. The van der Waals surface area contributed by atoms with Gasteiger partial charge in [0.25, 0.3) is 0 Å². The van der Waals surface area contributed by atoms with E-state index in [1.165, 1.54) is 25.3 Å². The quantitative estimate of drug-likeness (QED) is 0.724. The monoisotopic (exact) mass is 430 g/mol. The Morgan fingerprint density at radius 3 is 2.80 bits per heavy atom. The zero-order valence-corrected chi connectivity index (χ0v) is 17.7. The van der Waals surface area contributed by atoms with Gasteiger partial charge in [-0.1, -0.05) is 12.6 Å². The first kappa shape index (κ1) is 20.3. The van der Waals surface area contributed by atoms with Crippen LogP contribution in [0.5, 0.6) is 5.75 Å². The first-order chi connectivity index (χ1) is 14.3. The highest BCUT2D eigenvalue weighted by atomic mass is 32.2. The van der Waals surface area contributed by atoms with Crippen LogP contribution in [0.25, 0.3) is 11.3 Å². The van der Waals surface area contributed by atoms with Gasteiger partial charge < -0.3 is 9.64 Å². The molecule has 4 rings (SSSR count). The zero-order chi connectivity index (χ0) is 21.5. The van der Waals surface area contributed by atoms with Crippen LogP contribution in [0.1, 0.15) is 36.6 Å². The van der Waals surface area contributed by atoms with Crippen molar-refractivity contribution in [1.29, 1.82) is 0 Å². The SMILES string of the molecule is C=C1c2cc(F)ccc2C(c2nc(NS(=O)(=O)CC)ncc2OCC2CC2)=CN1C. The maximum atomic E-state index is 13.9. The highest BCUT2D eigenvalue weighted by Gasteiger charge is 2.27. The Hall–Kier alpha value is -2.94. The molecule has 2 aromatic rings. The van der Waals surface area contributed by atoms with Gasteiger partial charge in [0.2, 0.25) is 16.0 Å². The average molecular weight is 431 g/mol. The van der Waals surface area contributed by atoms with Crippen molar-refractivity contribution in [3.63, 3.8) is 0 Å². The summed E-state index contributed by atoms with van der Waals surface area (Å²) in [4.78, 5) is 10.4. The number of rotatable bonds is 7. The van der Waals surface area contributed by atoms with E-state index >= 15 is 0 Å². The van der Waals surface area contributed by atoms with Crippen LogP contribution in [-0.4, -0.2) is 42.7 Å². The second-order valence-corrected chi connectivity index (χ2v) is 9.47. The molecule has 1 aromatic heterocycles. The van der Waals surface area contributed by atoms with Gasteiger partial charge in [0.1, 0.15) is 11.5 Å². The van der Waals surface area contributed by atoms with E-state index in [0.29, 0.717) is 40.8 Å². The second kappa shape index (κ2) is 7.71. The topological polar surface area (TPSA) is 84.4 Å². The van der Waals surface area contributed by atoms with Crippen LogP contribution in [0.2, 0.25) is 0 Å². The molecule has 0 atom stereocenters. The van der Waals surface area contributed by atoms with Crippen molar-refractivity contribution in [3.8, 4) is 5.75 Å². The largest absolute Gasteiger partial charge is 0.489 e. The Morgan fingerprint density at radius 1 is 1.33 bits per heavy atom. The highest BCUT2D eigenvalue weighted by molar-refractivity contribution is 7.92. The summed E-state index contributed by atoms with van der Waals surface area (Å²) in [6.45, 7) is 6.11. The van der Waals surface area contributed by atoms with Gasteiger partial charge in [-0.3, -0.25) is 4.72 Å². The lowest BCUT2D eigenvalue weighted by Crippen LogP contribution is -2.19. The molecule has 0 saturated heterocycles. The van der Waals surface area contributed by atoms with Crippen molar-refractivity contribution in [2.75, 3.05) is 24.1 Å². The van der Waals surface area contributed by atoms with E-state index in [1.54, 1.807) is 11.0 Å². The molecule has 1 aromatic carbocycles. The van der Waals surface area contributed by atoms with Gasteiger partial charge >= 0.3 is 0 Å².